The van der Waals surface area contributed by atoms with Gasteiger partial charge in [0.05, 0.1) is 0 Å². The van der Waals surface area contributed by atoms with Gasteiger partial charge in [-0.25, -0.2) is 0 Å². The third-order valence-corrected chi connectivity index (χ3v) is 3.33. The van der Waals surface area contributed by atoms with E-state index in [1.807, 2.05) is 12.1 Å². The zero-order valence-corrected chi connectivity index (χ0v) is 12.9. The van der Waals surface area contributed by atoms with Crippen LogP contribution in [0.4, 0.5) is 0 Å². The molecule has 0 aliphatic heterocycles. The van der Waals surface area contributed by atoms with Gasteiger partial charge in [-0.2, -0.15) is 0 Å². The molecule has 20 heavy (non-hydrogen) atoms. The molecule has 0 aromatic heterocycles. The molecule has 1 aromatic rings. The smallest absolute Gasteiger partial charge is 0.188 e. The van der Waals surface area contributed by atoms with Crippen LogP contribution in [0.5, 0.6) is 5.75 Å². The molecule has 0 aliphatic carbocycles. The van der Waals surface area contributed by atoms with E-state index in [1.165, 1.54) is 44.1 Å². The molecule has 0 aliphatic rings. The molecule has 0 fully saturated rings. The van der Waals surface area contributed by atoms with Gasteiger partial charge in [0.2, 0.25) is 0 Å². The molecule has 0 saturated heterocycles. The Kier molecular flexibility index (Phi) is 9.98. The summed E-state index contributed by atoms with van der Waals surface area (Å²) in [4.78, 5) is 0. The van der Waals surface area contributed by atoms with Crippen LogP contribution in [0, 0.1) is 0 Å². The topological polar surface area (TPSA) is 27.7 Å². The van der Waals surface area contributed by atoms with Crippen molar-refractivity contribution in [1.29, 1.82) is 0 Å². The minimum absolute atomic E-state index is 0.308. The Labute approximate surface area is 123 Å². The quantitative estimate of drug-likeness (QED) is 0.424. The number of aryl methyl sites for hydroxylation is 1. The largest absolute Gasteiger partial charge is 0.468 e. The minimum atomic E-state index is 0.308. The van der Waals surface area contributed by atoms with Gasteiger partial charge in [-0.15, -0.1) is 0 Å². The molecule has 3 nitrogen and oxygen atoms in total. The fraction of sp³-hybridized carbons (Fsp3) is 0.647. The van der Waals surface area contributed by atoms with Crippen LogP contribution < -0.4 is 4.74 Å². The first kappa shape index (κ1) is 17.0. The van der Waals surface area contributed by atoms with Crippen LogP contribution in [-0.4, -0.2) is 27.6 Å². The van der Waals surface area contributed by atoms with E-state index in [9.17, 15) is 0 Å². The third kappa shape index (κ3) is 8.18. The Morgan fingerprint density at radius 1 is 0.750 bits per heavy atom. The zero-order chi connectivity index (χ0) is 14.5. The molecule has 1 rings (SSSR count). The van der Waals surface area contributed by atoms with Gasteiger partial charge in [-0.1, -0.05) is 37.8 Å². The Balaban J connectivity index is 2.04. The highest BCUT2D eigenvalue weighted by Gasteiger charge is 1.97. The number of hydrogen-bond donors (Lipinski definition) is 0. The SMILES string of the molecule is COCCCCCCCCc1ccc(OCOC)cc1. The summed E-state index contributed by atoms with van der Waals surface area (Å²) in [6, 6.07) is 8.31. The molecule has 0 unspecified atom stereocenters. The molecule has 0 atom stereocenters. The van der Waals surface area contributed by atoms with Crippen LogP contribution in [0.2, 0.25) is 0 Å². The molecule has 0 N–H and O–H groups in total. The third-order valence-electron chi connectivity index (χ3n) is 3.33. The lowest BCUT2D eigenvalue weighted by molar-refractivity contribution is 0.0511. The van der Waals surface area contributed by atoms with Crippen molar-refractivity contribution in [2.24, 2.45) is 0 Å². The van der Waals surface area contributed by atoms with Crippen molar-refractivity contribution in [2.75, 3.05) is 27.6 Å². The van der Waals surface area contributed by atoms with Crippen LogP contribution in [0.15, 0.2) is 24.3 Å². The number of hydrogen-bond acceptors (Lipinski definition) is 3. The van der Waals surface area contributed by atoms with Gasteiger partial charge in [0, 0.05) is 20.8 Å². The minimum Gasteiger partial charge on any atom is -0.468 e. The Morgan fingerprint density at radius 2 is 1.40 bits per heavy atom. The fourth-order valence-electron chi connectivity index (χ4n) is 2.16. The molecule has 0 spiro atoms. The summed E-state index contributed by atoms with van der Waals surface area (Å²) in [5.41, 5.74) is 1.38. The zero-order valence-electron chi connectivity index (χ0n) is 12.9. The normalized spacial score (nSPS) is 10.7. The maximum absolute atomic E-state index is 5.37. The van der Waals surface area contributed by atoms with Gasteiger partial charge in [-0.3, -0.25) is 0 Å². The van der Waals surface area contributed by atoms with E-state index >= 15 is 0 Å². The second-order valence-corrected chi connectivity index (χ2v) is 5.06. The molecular weight excluding hydrogens is 252 g/mol. The highest BCUT2D eigenvalue weighted by Crippen LogP contribution is 2.15. The van der Waals surface area contributed by atoms with Gasteiger partial charge in [0.1, 0.15) is 5.75 Å². The van der Waals surface area contributed by atoms with E-state index in [1.54, 1.807) is 14.2 Å². The Bertz CT molecular complexity index is 322. The lowest BCUT2D eigenvalue weighted by atomic mass is 10.0. The average molecular weight is 280 g/mol. The standard InChI is InChI=1S/C17H28O3/c1-18-14-8-6-4-3-5-7-9-16-10-12-17(13-11-16)20-15-19-2/h10-13H,3-9,14-15H2,1-2H3. The van der Waals surface area contributed by atoms with Gasteiger partial charge in [-0.05, 0) is 37.0 Å². The summed E-state index contributed by atoms with van der Waals surface area (Å²) < 4.78 is 15.3. The summed E-state index contributed by atoms with van der Waals surface area (Å²) >= 11 is 0. The lowest BCUT2D eigenvalue weighted by Crippen LogP contribution is -1.98. The second kappa shape index (κ2) is 11.7. The van der Waals surface area contributed by atoms with Gasteiger partial charge in [0.25, 0.3) is 0 Å². The van der Waals surface area contributed by atoms with Crippen molar-refractivity contribution >= 4 is 0 Å². The van der Waals surface area contributed by atoms with E-state index in [0.717, 1.165) is 18.8 Å². The van der Waals surface area contributed by atoms with Crippen molar-refractivity contribution in [2.45, 2.75) is 44.9 Å². The van der Waals surface area contributed by atoms with E-state index < -0.39 is 0 Å². The van der Waals surface area contributed by atoms with E-state index in [4.69, 9.17) is 14.2 Å². The number of unbranched alkanes of at least 4 members (excludes halogenated alkanes) is 5. The Hall–Kier alpha value is -1.06. The summed E-state index contributed by atoms with van der Waals surface area (Å²) in [5, 5.41) is 0. The molecule has 1 aromatic carbocycles. The summed E-state index contributed by atoms with van der Waals surface area (Å²) in [6.07, 6.45) is 8.88. The maximum Gasteiger partial charge on any atom is 0.188 e. The molecule has 0 saturated carbocycles. The lowest BCUT2D eigenvalue weighted by Gasteiger charge is -2.06. The van der Waals surface area contributed by atoms with Gasteiger partial charge < -0.3 is 14.2 Å². The Morgan fingerprint density at radius 3 is 2.05 bits per heavy atom. The second-order valence-electron chi connectivity index (χ2n) is 5.06. The van der Waals surface area contributed by atoms with Crippen molar-refractivity contribution in [3.05, 3.63) is 29.8 Å². The molecule has 3 heteroatoms. The van der Waals surface area contributed by atoms with Gasteiger partial charge in [0.15, 0.2) is 6.79 Å². The number of ether oxygens (including phenoxy) is 3. The fourth-order valence-corrected chi connectivity index (χ4v) is 2.16. The highest BCUT2D eigenvalue weighted by molar-refractivity contribution is 5.27. The summed E-state index contributed by atoms with van der Waals surface area (Å²) in [6.45, 7) is 1.21. The van der Waals surface area contributed by atoms with Crippen molar-refractivity contribution < 1.29 is 14.2 Å². The molecular formula is C17H28O3. The van der Waals surface area contributed by atoms with Crippen LogP contribution in [0.25, 0.3) is 0 Å². The van der Waals surface area contributed by atoms with Crippen LogP contribution in [0.3, 0.4) is 0 Å². The molecule has 0 radical (unpaired) electrons. The first-order valence-corrected chi connectivity index (χ1v) is 7.56. The number of methoxy groups -OCH3 is 2. The first-order chi connectivity index (χ1) is 9.86. The predicted octanol–water partition coefficient (Wildman–Crippen LogP) is 4.20. The van der Waals surface area contributed by atoms with Gasteiger partial charge >= 0.3 is 0 Å². The number of rotatable bonds is 12. The molecule has 0 bridgehead atoms. The van der Waals surface area contributed by atoms with E-state index in [0.29, 0.717) is 6.79 Å². The van der Waals surface area contributed by atoms with Crippen molar-refractivity contribution in [3.8, 4) is 5.75 Å². The average Bonchev–Trinajstić information content (AvgIpc) is 2.49. The maximum atomic E-state index is 5.37. The highest BCUT2D eigenvalue weighted by atomic mass is 16.7. The van der Waals surface area contributed by atoms with Crippen molar-refractivity contribution in [3.63, 3.8) is 0 Å². The first-order valence-electron chi connectivity index (χ1n) is 7.56. The summed E-state index contributed by atoms with van der Waals surface area (Å²) in [5.74, 6) is 0.869. The van der Waals surface area contributed by atoms with Crippen LogP contribution in [0.1, 0.15) is 44.1 Å². The molecule has 114 valence electrons. The van der Waals surface area contributed by atoms with E-state index in [2.05, 4.69) is 12.1 Å². The predicted molar refractivity (Wildman–Crippen MR) is 82.2 cm³/mol. The monoisotopic (exact) mass is 280 g/mol. The van der Waals surface area contributed by atoms with Crippen LogP contribution in [-0.2, 0) is 15.9 Å². The number of benzene rings is 1. The van der Waals surface area contributed by atoms with E-state index in [-0.39, 0.29) is 0 Å². The summed E-state index contributed by atoms with van der Waals surface area (Å²) in [7, 11) is 3.40. The van der Waals surface area contributed by atoms with Crippen molar-refractivity contribution in [1.82, 2.24) is 0 Å². The molecule has 0 heterocycles. The molecule has 0 amide bonds. The van der Waals surface area contributed by atoms with Crippen LogP contribution >= 0.6 is 0 Å².